The number of hydrogen-bond acceptors (Lipinski definition) is 6. The second kappa shape index (κ2) is 8.70. The highest BCUT2D eigenvalue weighted by atomic mass is 16.5. The van der Waals surface area contributed by atoms with Crippen LogP contribution >= 0.6 is 0 Å². The molecule has 0 atom stereocenters. The van der Waals surface area contributed by atoms with E-state index in [0.29, 0.717) is 18.0 Å². The van der Waals surface area contributed by atoms with Crippen LogP contribution in [0.4, 0.5) is 0 Å². The van der Waals surface area contributed by atoms with E-state index in [4.69, 9.17) is 9.47 Å². The largest absolute Gasteiger partial charge is 0.493 e. The van der Waals surface area contributed by atoms with Crippen LogP contribution in [-0.2, 0) is 20.7 Å². The summed E-state index contributed by atoms with van der Waals surface area (Å²) in [6, 6.07) is 13.5. The Morgan fingerprint density at radius 2 is 1.75 bits per heavy atom. The third-order valence-electron chi connectivity index (χ3n) is 5.31. The number of benzene rings is 2. The maximum Gasteiger partial charge on any atom is 0.368 e. The lowest BCUT2D eigenvalue weighted by atomic mass is 10.1. The Morgan fingerprint density at radius 3 is 2.38 bits per heavy atom. The standard InChI is InChI=1S/C23H26N6O3/c1-6-31-22-9-7-8-20(29-23(30)28(5)25-26-29)18(22)14-32-21-11-10-17(12-15(21)2)19-13-16(3)27(4)24-19/h7-13H,6,14H2,1-5H3. The minimum atomic E-state index is -0.342. The molecule has 0 bridgehead atoms. The molecule has 9 nitrogen and oxygen atoms in total. The molecule has 2 heterocycles. The molecule has 2 aromatic carbocycles. The van der Waals surface area contributed by atoms with E-state index in [9.17, 15) is 4.79 Å². The summed E-state index contributed by atoms with van der Waals surface area (Å²) in [5, 5.41) is 12.3. The van der Waals surface area contributed by atoms with Crippen LogP contribution in [0.25, 0.3) is 16.9 Å². The van der Waals surface area contributed by atoms with Crippen molar-refractivity contribution in [1.82, 2.24) is 29.6 Å². The molecule has 0 spiro atoms. The minimum Gasteiger partial charge on any atom is -0.493 e. The number of tetrazole rings is 1. The molecule has 0 amide bonds. The lowest BCUT2D eigenvalue weighted by Gasteiger charge is -2.16. The van der Waals surface area contributed by atoms with E-state index >= 15 is 0 Å². The highest BCUT2D eigenvalue weighted by molar-refractivity contribution is 5.62. The Hall–Kier alpha value is -3.88. The second-order valence-corrected chi connectivity index (χ2v) is 7.55. The van der Waals surface area contributed by atoms with Gasteiger partial charge in [-0.1, -0.05) is 6.07 Å². The normalized spacial score (nSPS) is 11.0. The van der Waals surface area contributed by atoms with Crippen molar-refractivity contribution in [2.24, 2.45) is 14.1 Å². The van der Waals surface area contributed by atoms with Gasteiger partial charge in [-0.2, -0.15) is 14.5 Å². The van der Waals surface area contributed by atoms with Crippen LogP contribution in [0.1, 0.15) is 23.7 Å². The summed E-state index contributed by atoms with van der Waals surface area (Å²) in [6.07, 6.45) is 0. The summed E-state index contributed by atoms with van der Waals surface area (Å²) in [6.45, 7) is 6.63. The first-order valence-electron chi connectivity index (χ1n) is 10.4. The number of ether oxygens (including phenoxy) is 2. The highest BCUT2D eigenvalue weighted by Gasteiger charge is 2.17. The summed E-state index contributed by atoms with van der Waals surface area (Å²) in [4.78, 5) is 12.4. The van der Waals surface area contributed by atoms with E-state index < -0.39 is 0 Å². The fourth-order valence-electron chi connectivity index (χ4n) is 3.48. The average Bonchev–Trinajstić information content (AvgIpc) is 3.29. The molecule has 0 radical (unpaired) electrons. The van der Waals surface area contributed by atoms with Crippen molar-refractivity contribution >= 4 is 0 Å². The summed E-state index contributed by atoms with van der Waals surface area (Å²) < 4.78 is 16.2. The van der Waals surface area contributed by atoms with Gasteiger partial charge in [-0.3, -0.25) is 4.68 Å². The van der Waals surface area contributed by atoms with Crippen molar-refractivity contribution in [3.8, 4) is 28.4 Å². The van der Waals surface area contributed by atoms with Gasteiger partial charge < -0.3 is 9.47 Å². The molecule has 0 N–H and O–H groups in total. The summed E-state index contributed by atoms with van der Waals surface area (Å²) in [5.41, 5.74) is 4.99. The van der Waals surface area contributed by atoms with Gasteiger partial charge in [-0.25, -0.2) is 4.79 Å². The molecule has 0 aliphatic carbocycles. The maximum absolute atomic E-state index is 12.4. The molecule has 0 aliphatic rings. The fraction of sp³-hybridized carbons (Fsp3) is 0.304. The smallest absolute Gasteiger partial charge is 0.368 e. The average molecular weight is 435 g/mol. The Labute approximate surface area is 185 Å². The van der Waals surface area contributed by atoms with Gasteiger partial charge in [-0.15, -0.1) is 0 Å². The molecule has 9 heteroatoms. The van der Waals surface area contributed by atoms with Crippen LogP contribution in [0.5, 0.6) is 11.5 Å². The van der Waals surface area contributed by atoms with Crippen molar-refractivity contribution in [2.45, 2.75) is 27.4 Å². The zero-order valence-electron chi connectivity index (χ0n) is 18.9. The van der Waals surface area contributed by atoms with E-state index in [1.807, 2.05) is 56.8 Å². The second-order valence-electron chi connectivity index (χ2n) is 7.55. The topological polar surface area (TPSA) is 89.0 Å². The number of aromatic nitrogens is 6. The molecule has 0 saturated carbocycles. The van der Waals surface area contributed by atoms with Gasteiger partial charge in [0, 0.05) is 25.4 Å². The van der Waals surface area contributed by atoms with E-state index in [1.54, 1.807) is 13.1 Å². The highest BCUT2D eigenvalue weighted by Crippen LogP contribution is 2.29. The van der Waals surface area contributed by atoms with Crippen molar-refractivity contribution in [3.05, 3.63) is 69.8 Å². The quantitative estimate of drug-likeness (QED) is 0.444. The summed E-state index contributed by atoms with van der Waals surface area (Å²) in [7, 11) is 3.49. The Morgan fingerprint density at radius 1 is 0.938 bits per heavy atom. The van der Waals surface area contributed by atoms with Crippen molar-refractivity contribution in [1.29, 1.82) is 0 Å². The molecule has 4 rings (SSSR count). The van der Waals surface area contributed by atoms with Gasteiger partial charge in [0.25, 0.3) is 0 Å². The first-order valence-corrected chi connectivity index (χ1v) is 10.4. The maximum atomic E-state index is 12.4. The van der Waals surface area contributed by atoms with Gasteiger partial charge in [-0.05, 0) is 73.2 Å². The van der Waals surface area contributed by atoms with Crippen LogP contribution in [0.3, 0.4) is 0 Å². The first-order chi connectivity index (χ1) is 15.4. The molecule has 4 aromatic rings. The summed E-state index contributed by atoms with van der Waals surface area (Å²) in [5.74, 6) is 1.38. The van der Waals surface area contributed by atoms with Gasteiger partial charge in [0.1, 0.15) is 18.1 Å². The zero-order valence-corrected chi connectivity index (χ0v) is 18.9. The van der Waals surface area contributed by atoms with Crippen LogP contribution in [0, 0.1) is 13.8 Å². The molecule has 0 saturated heterocycles. The predicted molar refractivity (Wildman–Crippen MR) is 120 cm³/mol. The van der Waals surface area contributed by atoms with Gasteiger partial charge >= 0.3 is 5.69 Å². The fourth-order valence-corrected chi connectivity index (χ4v) is 3.48. The monoisotopic (exact) mass is 434 g/mol. The molecule has 0 fully saturated rings. The number of hydrogen-bond donors (Lipinski definition) is 0. The molecular weight excluding hydrogens is 408 g/mol. The van der Waals surface area contributed by atoms with E-state index in [2.05, 4.69) is 27.7 Å². The van der Waals surface area contributed by atoms with Crippen molar-refractivity contribution < 1.29 is 9.47 Å². The molecule has 0 aliphatic heterocycles. The van der Waals surface area contributed by atoms with Crippen molar-refractivity contribution in [3.63, 3.8) is 0 Å². The van der Waals surface area contributed by atoms with Gasteiger partial charge in [0.15, 0.2) is 0 Å². The van der Waals surface area contributed by atoms with Crippen LogP contribution in [-0.4, -0.2) is 36.2 Å². The third kappa shape index (κ3) is 4.01. The van der Waals surface area contributed by atoms with E-state index in [1.165, 1.54) is 9.36 Å². The van der Waals surface area contributed by atoms with Gasteiger partial charge in [0.05, 0.1) is 23.6 Å². The number of rotatable bonds is 7. The van der Waals surface area contributed by atoms with Crippen molar-refractivity contribution in [2.75, 3.05) is 6.61 Å². The van der Waals surface area contributed by atoms with Crippen LogP contribution < -0.4 is 15.2 Å². The number of nitrogens with zero attached hydrogens (tertiary/aromatic N) is 6. The molecular formula is C23H26N6O3. The molecule has 0 unspecified atom stereocenters. The first kappa shape index (κ1) is 21.4. The summed E-state index contributed by atoms with van der Waals surface area (Å²) >= 11 is 0. The molecule has 166 valence electrons. The van der Waals surface area contributed by atoms with Crippen LogP contribution in [0.15, 0.2) is 47.3 Å². The van der Waals surface area contributed by atoms with Crippen LogP contribution in [0.2, 0.25) is 0 Å². The van der Waals surface area contributed by atoms with E-state index in [-0.39, 0.29) is 12.3 Å². The Balaban J connectivity index is 1.64. The molecule has 32 heavy (non-hydrogen) atoms. The Kier molecular flexibility index (Phi) is 5.81. The number of aryl methyl sites for hydroxylation is 4. The Bertz CT molecular complexity index is 1300. The third-order valence-corrected chi connectivity index (χ3v) is 5.31. The predicted octanol–water partition coefficient (Wildman–Crippen LogP) is 2.96. The molecule has 2 aromatic heterocycles. The zero-order chi connectivity index (χ0) is 22.8. The van der Waals surface area contributed by atoms with Gasteiger partial charge in [0.2, 0.25) is 0 Å². The lowest BCUT2D eigenvalue weighted by Crippen LogP contribution is -2.23. The SMILES string of the molecule is CCOc1cccc(-n2nnn(C)c2=O)c1COc1ccc(-c2cc(C)n(C)n2)cc1C. The van der Waals surface area contributed by atoms with E-state index in [0.717, 1.165) is 33.8 Å². The minimum absolute atomic E-state index is 0.206. The lowest BCUT2D eigenvalue weighted by molar-refractivity contribution is 0.284.